The third-order valence-electron chi connectivity index (χ3n) is 4.76. The summed E-state index contributed by atoms with van der Waals surface area (Å²) in [6, 6.07) is 14.4. The molecule has 0 aromatic heterocycles. The zero-order valence-corrected chi connectivity index (χ0v) is 17.0. The minimum Gasteiger partial charge on any atom is -0.454 e. The van der Waals surface area contributed by atoms with Gasteiger partial charge in [-0.15, -0.1) is 0 Å². The van der Waals surface area contributed by atoms with Crippen LogP contribution in [0.5, 0.6) is 0 Å². The third kappa shape index (κ3) is 5.21. The summed E-state index contributed by atoms with van der Waals surface area (Å²) in [6.07, 6.45) is 1.75. The van der Waals surface area contributed by atoms with Gasteiger partial charge in [-0.3, -0.25) is 9.59 Å². The van der Waals surface area contributed by atoms with E-state index in [0.717, 1.165) is 12.0 Å². The number of carbonyl (C=O) groups is 2. The Morgan fingerprint density at radius 2 is 1.76 bits per heavy atom. The van der Waals surface area contributed by atoms with Gasteiger partial charge in [-0.25, -0.2) is 8.42 Å². The molecule has 2 aromatic rings. The maximum atomic E-state index is 13.0. The maximum Gasteiger partial charge on any atom is 0.324 e. The molecule has 3 rings (SSSR count). The number of nitrogens with one attached hydrogen (secondary N) is 1. The lowest BCUT2D eigenvalue weighted by molar-refractivity contribution is -0.152. The predicted octanol–water partition coefficient (Wildman–Crippen LogP) is 2.72. The van der Waals surface area contributed by atoms with Crippen molar-refractivity contribution in [1.82, 2.24) is 4.31 Å². The molecule has 0 radical (unpaired) electrons. The molecule has 0 spiro atoms. The van der Waals surface area contributed by atoms with Gasteiger partial charge in [0.1, 0.15) is 6.04 Å². The highest BCUT2D eigenvalue weighted by Crippen LogP contribution is 2.26. The Hall–Kier alpha value is -2.71. The molecule has 1 amide bonds. The molecular weight excluding hydrogens is 392 g/mol. The van der Waals surface area contributed by atoms with Crippen molar-refractivity contribution < 1.29 is 22.7 Å². The number of ether oxygens (including phenoxy) is 1. The van der Waals surface area contributed by atoms with Gasteiger partial charge in [0.05, 0.1) is 4.90 Å². The topological polar surface area (TPSA) is 92.8 Å². The first-order chi connectivity index (χ1) is 13.9. The largest absolute Gasteiger partial charge is 0.454 e. The fraction of sp³-hybridized carbons (Fsp3) is 0.333. The van der Waals surface area contributed by atoms with Crippen LogP contribution in [0.25, 0.3) is 0 Å². The molecule has 1 aliphatic heterocycles. The quantitative estimate of drug-likeness (QED) is 0.731. The lowest BCUT2D eigenvalue weighted by atomic mass is 10.1. The molecule has 7 nitrogen and oxygen atoms in total. The smallest absolute Gasteiger partial charge is 0.324 e. The second-order valence-corrected chi connectivity index (χ2v) is 8.85. The first kappa shape index (κ1) is 21.0. The van der Waals surface area contributed by atoms with E-state index in [2.05, 4.69) is 5.32 Å². The molecule has 1 N–H and O–H groups in total. The minimum atomic E-state index is -3.83. The Kier molecular flexibility index (Phi) is 6.66. The number of amides is 1. The summed E-state index contributed by atoms with van der Waals surface area (Å²) in [6.45, 7) is 1.65. The van der Waals surface area contributed by atoms with Crippen molar-refractivity contribution >= 4 is 27.6 Å². The van der Waals surface area contributed by atoms with Crippen LogP contribution in [0, 0.1) is 6.92 Å². The van der Waals surface area contributed by atoms with Crippen molar-refractivity contribution in [3.63, 3.8) is 0 Å². The van der Waals surface area contributed by atoms with Gasteiger partial charge in [-0.05, 0) is 50.5 Å². The van der Waals surface area contributed by atoms with Crippen molar-refractivity contribution in [3.8, 4) is 0 Å². The molecule has 0 aliphatic carbocycles. The van der Waals surface area contributed by atoms with Crippen LogP contribution < -0.4 is 5.32 Å². The third-order valence-corrected chi connectivity index (χ3v) is 6.68. The van der Waals surface area contributed by atoms with E-state index in [1.807, 2.05) is 13.0 Å². The number of para-hydroxylation sites is 1. The van der Waals surface area contributed by atoms with Gasteiger partial charge >= 0.3 is 5.97 Å². The lowest BCUT2D eigenvalue weighted by Gasteiger charge is -2.33. The first-order valence-electron chi connectivity index (χ1n) is 9.48. The van der Waals surface area contributed by atoms with Crippen molar-refractivity contribution in [2.75, 3.05) is 18.5 Å². The monoisotopic (exact) mass is 416 g/mol. The fourth-order valence-corrected chi connectivity index (χ4v) is 4.87. The van der Waals surface area contributed by atoms with Crippen LogP contribution >= 0.6 is 0 Å². The van der Waals surface area contributed by atoms with E-state index in [1.54, 1.807) is 36.4 Å². The normalized spacial score (nSPS) is 17.5. The number of aryl methyl sites for hydroxylation is 1. The molecule has 1 atom stereocenters. The molecule has 2 aromatic carbocycles. The Balaban J connectivity index is 1.66. The summed E-state index contributed by atoms with van der Waals surface area (Å²) >= 11 is 0. The number of esters is 1. The fourth-order valence-electron chi connectivity index (χ4n) is 3.23. The second kappa shape index (κ2) is 9.19. The molecule has 1 heterocycles. The Labute approximate surface area is 170 Å². The number of anilines is 1. The molecule has 0 unspecified atom stereocenters. The van der Waals surface area contributed by atoms with Gasteiger partial charge in [-0.1, -0.05) is 35.9 Å². The predicted molar refractivity (Wildman–Crippen MR) is 109 cm³/mol. The van der Waals surface area contributed by atoms with Gasteiger partial charge in [0.15, 0.2) is 6.61 Å². The standard InChI is InChI=1S/C21H24N2O5S/c1-16-10-12-18(13-11-16)29(26,27)23-14-6-5-9-19(23)21(25)28-15-20(24)22-17-7-3-2-4-8-17/h2-4,7-8,10-13,19H,5-6,9,14-15H2,1H3,(H,22,24)/t19-/m0/s1. The van der Waals surface area contributed by atoms with Crippen LogP contribution in [0.1, 0.15) is 24.8 Å². The minimum absolute atomic E-state index is 0.143. The van der Waals surface area contributed by atoms with Crippen LogP contribution in [0.15, 0.2) is 59.5 Å². The highest BCUT2D eigenvalue weighted by atomic mass is 32.2. The van der Waals surface area contributed by atoms with E-state index >= 15 is 0 Å². The molecule has 1 saturated heterocycles. The molecule has 1 fully saturated rings. The zero-order valence-electron chi connectivity index (χ0n) is 16.2. The average Bonchev–Trinajstić information content (AvgIpc) is 2.73. The Morgan fingerprint density at radius 3 is 2.45 bits per heavy atom. The number of hydrogen-bond donors (Lipinski definition) is 1. The SMILES string of the molecule is Cc1ccc(S(=O)(=O)N2CCCC[C@H]2C(=O)OCC(=O)Nc2ccccc2)cc1. The summed E-state index contributed by atoms with van der Waals surface area (Å²) in [5.74, 6) is -1.18. The summed E-state index contributed by atoms with van der Waals surface area (Å²) < 4.78 is 32.4. The Morgan fingerprint density at radius 1 is 1.07 bits per heavy atom. The molecule has 154 valence electrons. The summed E-state index contributed by atoms with van der Waals surface area (Å²) in [5, 5.41) is 2.62. The van der Waals surface area contributed by atoms with Crippen molar-refractivity contribution in [1.29, 1.82) is 0 Å². The van der Waals surface area contributed by atoms with Gasteiger partial charge in [0.25, 0.3) is 5.91 Å². The summed E-state index contributed by atoms with van der Waals surface area (Å²) in [4.78, 5) is 24.7. The molecule has 1 aliphatic rings. The molecular formula is C21H24N2O5S. The van der Waals surface area contributed by atoms with E-state index in [4.69, 9.17) is 4.74 Å². The molecule has 0 bridgehead atoms. The van der Waals surface area contributed by atoms with Gasteiger partial charge < -0.3 is 10.1 Å². The van der Waals surface area contributed by atoms with Gasteiger partial charge in [0.2, 0.25) is 10.0 Å². The van der Waals surface area contributed by atoms with Gasteiger partial charge in [0, 0.05) is 12.2 Å². The van der Waals surface area contributed by atoms with E-state index in [-0.39, 0.29) is 11.4 Å². The van der Waals surface area contributed by atoms with Gasteiger partial charge in [-0.2, -0.15) is 4.31 Å². The van der Waals surface area contributed by atoms with Crippen LogP contribution in [-0.2, 0) is 24.3 Å². The zero-order chi connectivity index (χ0) is 20.9. The summed E-state index contributed by atoms with van der Waals surface area (Å²) in [7, 11) is -3.83. The number of nitrogens with zero attached hydrogens (tertiary/aromatic N) is 1. The second-order valence-electron chi connectivity index (χ2n) is 6.96. The van der Waals surface area contributed by atoms with Crippen LogP contribution in [-0.4, -0.2) is 43.8 Å². The number of rotatable bonds is 6. The number of benzene rings is 2. The van der Waals surface area contributed by atoms with E-state index < -0.39 is 34.5 Å². The summed E-state index contributed by atoms with van der Waals surface area (Å²) in [5.41, 5.74) is 1.54. The highest BCUT2D eigenvalue weighted by Gasteiger charge is 2.38. The Bertz CT molecular complexity index is 958. The number of piperidine rings is 1. The molecule has 8 heteroatoms. The van der Waals surface area contributed by atoms with Crippen molar-refractivity contribution in [2.45, 2.75) is 37.1 Å². The number of sulfonamides is 1. The van der Waals surface area contributed by atoms with Crippen LogP contribution in [0.4, 0.5) is 5.69 Å². The molecule has 0 saturated carbocycles. The maximum absolute atomic E-state index is 13.0. The molecule has 29 heavy (non-hydrogen) atoms. The van der Waals surface area contributed by atoms with E-state index in [0.29, 0.717) is 18.5 Å². The van der Waals surface area contributed by atoms with Crippen molar-refractivity contribution in [2.24, 2.45) is 0 Å². The van der Waals surface area contributed by atoms with Crippen LogP contribution in [0.3, 0.4) is 0 Å². The van der Waals surface area contributed by atoms with Crippen molar-refractivity contribution in [3.05, 3.63) is 60.2 Å². The first-order valence-corrected chi connectivity index (χ1v) is 10.9. The van der Waals surface area contributed by atoms with E-state index in [9.17, 15) is 18.0 Å². The number of hydrogen-bond acceptors (Lipinski definition) is 5. The van der Waals surface area contributed by atoms with E-state index in [1.165, 1.54) is 16.4 Å². The highest BCUT2D eigenvalue weighted by molar-refractivity contribution is 7.89. The lowest BCUT2D eigenvalue weighted by Crippen LogP contribution is -2.48. The van der Waals surface area contributed by atoms with Crippen LogP contribution in [0.2, 0.25) is 0 Å². The average molecular weight is 416 g/mol. The number of carbonyl (C=O) groups excluding carboxylic acids is 2.